The minimum absolute atomic E-state index is 0.0706. The van der Waals surface area contributed by atoms with Crippen LogP contribution in [0, 0.1) is 5.92 Å². The van der Waals surface area contributed by atoms with Gasteiger partial charge >= 0.3 is 0 Å². The summed E-state index contributed by atoms with van der Waals surface area (Å²) in [4.78, 5) is 14.3. The van der Waals surface area contributed by atoms with Crippen LogP contribution in [0.3, 0.4) is 0 Å². The zero-order chi connectivity index (χ0) is 19.1. The first-order valence-corrected chi connectivity index (χ1v) is 9.03. The molecule has 0 saturated heterocycles. The van der Waals surface area contributed by atoms with Crippen LogP contribution in [0.2, 0.25) is 0 Å². The molecular weight excluding hydrogens is 340 g/mol. The van der Waals surface area contributed by atoms with Gasteiger partial charge in [0.1, 0.15) is 12.4 Å². The van der Waals surface area contributed by atoms with Crippen LogP contribution >= 0.6 is 0 Å². The van der Waals surface area contributed by atoms with Crippen LogP contribution in [0.4, 0.5) is 0 Å². The van der Waals surface area contributed by atoms with Gasteiger partial charge < -0.3 is 10.1 Å². The third-order valence-electron chi connectivity index (χ3n) is 4.29. The number of carbonyl (C=O) groups excluding carboxylic acids is 1. The Balaban J connectivity index is 1.63. The van der Waals surface area contributed by atoms with Crippen molar-refractivity contribution < 1.29 is 9.53 Å². The molecule has 1 N–H and O–H groups in total. The number of aromatic nitrogens is 3. The van der Waals surface area contributed by atoms with Gasteiger partial charge in [-0.1, -0.05) is 50.2 Å². The zero-order valence-electron chi connectivity index (χ0n) is 15.6. The number of hydrogen-bond donors (Lipinski definition) is 1. The molecule has 1 atom stereocenters. The number of nitrogens with zero attached hydrogens (tertiary/aromatic N) is 3. The molecule has 0 bridgehead atoms. The molecule has 0 aliphatic carbocycles. The lowest BCUT2D eigenvalue weighted by molar-refractivity contribution is 0.0917. The van der Waals surface area contributed by atoms with Crippen molar-refractivity contribution in [2.75, 3.05) is 0 Å². The van der Waals surface area contributed by atoms with E-state index in [9.17, 15) is 4.79 Å². The zero-order valence-corrected chi connectivity index (χ0v) is 15.6. The molecule has 3 rings (SSSR count). The van der Waals surface area contributed by atoms with Gasteiger partial charge in [-0.2, -0.15) is 15.0 Å². The fourth-order valence-corrected chi connectivity index (χ4v) is 2.66. The van der Waals surface area contributed by atoms with Crippen molar-refractivity contribution in [1.29, 1.82) is 0 Å². The van der Waals surface area contributed by atoms with E-state index < -0.39 is 0 Å². The molecule has 2 aromatic carbocycles. The highest BCUT2D eigenvalue weighted by molar-refractivity contribution is 5.94. The van der Waals surface area contributed by atoms with Crippen molar-refractivity contribution in [1.82, 2.24) is 20.3 Å². The fraction of sp³-hybridized carbons (Fsp3) is 0.286. The van der Waals surface area contributed by atoms with E-state index >= 15 is 0 Å². The highest BCUT2D eigenvalue weighted by atomic mass is 16.5. The van der Waals surface area contributed by atoms with Crippen molar-refractivity contribution in [3.05, 3.63) is 78.1 Å². The summed E-state index contributed by atoms with van der Waals surface area (Å²) in [6.45, 7) is 5.12. The van der Waals surface area contributed by atoms with E-state index in [1.165, 1.54) is 0 Å². The molecule has 1 aromatic heterocycles. The van der Waals surface area contributed by atoms with Crippen molar-refractivity contribution in [3.8, 4) is 5.75 Å². The number of rotatable bonds is 8. The van der Waals surface area contributed by atoms with Gasteiger partial charge in [-0.3, -0.25) is 4.79 Å². The monoisotopic (exact) mass is 364 g/mol. The molecule has 0 aliphatic heterocycles. The van der Waals surface area contributed by atoms with E-state index in [4.69, 9.17) is 4.74 Å². The Labute approximate surface area is 159 Å². The Kier molecular flexibility index (Phi) is 6.20. The summed E-state index contributed by atoms with van der Waals surface area (Å²) >= 11 is 0. The molecule has 0 unspecified atom stereocenters. The van der Waals surface area contributed by atoms with Gasteiger partial charge in [-0.05, 0) is 29.7 Å². The molecule has 6 nitrogen and oxygen atoms in total. The number of nitrogens with one attached hydrogen (secondary N) is 1. The van der Waals surface area contributed by atoms with Crippen LogP contribution in [-0.2, 0) is 13.2 Å². The lowest BCUT2D eigenvalue weighted by Crippen LogP contribution is -2.42. The van der Waals surface area contributed by atoms with Crippen LogP contribution in [-0.4, -0.2) is 26.9 Å². The van der Waals surface area contributed by atoms with Crippen LogP contribution in [0.5, 0.6) is 5.75 Å². The third-order valence-corrected chi connectivity index (χ3v) is 4.29. The van der Waals surface area contributed by atoms with Crippen molar-refractivity contribution in [3.63, 3.8) is 0 Å². The minimum atomic E-state index is -0.133. The summed E-state index contributed by atoms with van der Waals surface area (Å²) in [5.41, 5.74) is 1.65. The predicted molar refractivity (Wildman–Crippen MR) is 103 cm³/mol. The van der Waals surface area contributed by atoms with Gasteiger partial charge in [0.25, 0.3) is 5.91 Å². The maximum Gasteiger partial charge on any atom is 0.251 e. The maximum atomic E-state index is 12.7. The van der Waals surface area contributed by atoms with E-state index in [2.05, 4.69) is 29.4 Å². The largest absolute Gasteiger partial charge is 0.489 e. The predicted octanol–water partition coefficient (Wildman–Crippen LogP) is 3.31. The van der Waals surface area contributed by atoms with Crippen molar-refractivity contribution in [2.45, 2.75) is 33.0 Å². The molecule has 1 heterocycles. The number of hydrogen-bond acceptors (Lipinski definition) is 4. The molecule has 27 heavy (non-hydrogen) atoms. The summed E-state index contributed by atoms with van der Waals surface area (Å²) in [5.74, 6) is 0.782. The summed E-state index contributed by atoms with van der Waals surface area (Å²) in [7, 11) is 0. The Morgan fingerprint density at radius 2 is 1.81 bits per heavy atom. The van der Waals surface area contributed by atoms with E-state index in [1.807, 2.05) is 42.5 Å². The summed E-state index contributed by atoms with van der Waals surface area (Å²) in [5, 5.41) is 11.3. The highest BCUT2D eigenvalue weighted by Gasteiger charge is 2.19. The Bertz CT molecular complexity index is 848. The normalized spacial score (nSPS) is 12.0. The summed E-state index contributed by atoms with van der Waals surface area (Å²) in [6.07, 6.45) is 3.26. The summed E-state index contributed by atoms with van der Waals surface area (Å²) in [6, 6.07) is 17.1. The van der Waals surface area contributed by atoms with Gasteiger partial charge in [0.05, 0.1) is 25.0 Å². The van der Waals surface area contributed by atoms with Gasteiger partial charge in [-0.25, -0.2) is 0 Å². The fourth-order valence-electron chi connectivity index (χ4n) is 2.66. The average Bonchev–Trinajstić information content (AvgIpc) is 3.20. The molecule has 0 saturated carbocycles. The standard InChI is InChI=1S/C21H24N4O2/c1-16(2)20(14-25-22-11-12-23-25)24-21(26)18-9-6-10-19(13-18)27-15-17-7-4-3-5-8-17/h3-13,16,20H,14-15H2,1-2H3,(H,24,26)/t20-/m0/s1. The van der Waals surface area contributed by atoms with Crippen LogP contribution in [0.25, 0.3) is 0 Å². The van der Waals surface area contributed by atoms with E-state index in [1.54, 1.807) is 29.3 Å². The molecule has 0 fully saturated rings. The molecule has 140 valence electrons. The van der Waals surface area contributed by atoms with Gasteiger partial charge in [-0.15, -0.1) is 0 Å². The number of ether oxygens (including phenoxy) is 1. The molecule has 0 aliphatic rings. The average molecular weight is 364 g/mol. The van der Waals surface area contributed by atoms with Gasteiger partial charge in [0, 0.05) is 5.56 Å². The Morgan fingerprint density at radius 1 is 1.07 bits per heavy atom. The van der Waals surface area contributed by atoms with Crippen LogP contribution in [0.15, 0.2) is 67.0 Å². The van der Waals surface area contributed by atoms with E-state index in [0.717, 1.165) is 5.56 Å². The van der Waals surface area contributed by atoms with E-state index in [0.29, 0.717) is 24.5 Å². The second-order valence-corrected chi connectivity index (χ2v) is 6.71. The lowest BCUT2D eigenvalue weighted by atomic mass is 10.0. The molecule has 6 heteroatoms. The number of carbonyl (C=O) groups is 1. The lowest BCUT2D eigenvalue weighted by Gasteiger charge is -2.22. The van der Waals surface area contributed by atoms with Crippen molar-refractivity contribution >= 4 is 5.91 Å². The number of amides is 1. The smallest absolute Gasteiger partial charge is 0.251 e. The first-order chi connectivity index (χ1) is 13.1. The molecular formula is C21H24N4O2. The number of benzene rings is 2. The molecule has 1 amide bonds. The first kappa shape index (κ1) is 18.6. The molecule has 0 radical (unpaired) electrons. The quantitative estimate of drug-likeness (QED) is 0.666. The van der Waals surface area contributed by atoms with Crippen LogP contribution in [0.1, 0.15) is 29.8 Å². The van der Waals surface area contributed by atoms with Gasteiger partial charge in [0.2, 0.25) is 0 Å². The maximum absolute atomic E-state index is 12.7. The second kappa shape index (κ2) is 8.98. The second-order valence-electron chi connectivity index (χ2n) is 6.71. The minimum Gasteiger partial charge on any atom is -0.489 e. The molecule has 3 aromatic rings. The first-order valence-electron chi connectivity index (χ1n) is 9.03. The Morgan fingerprint density at radius 3 is 2.52 bits per heavy atom. The van der Waals surface area contributed by atoms with E-state index in [-0.39, 0.29) is 17.9 Å². The topological polar surface area (TPSA) is 69.0 Å². The van der Waals surface area contributed by atoms with Crippen LogP contribution < -0.4 is 10.1 Å². The summed E-state index contributed by atoms with van der Waals surface area (Å²) < 4.78 is 5.82. The third kappa shape index (κ3) is 5.41. The molecule has 0 spiro atoms. The van der Waals surface area contributed by atoms with Crippen molar-refractivity contribution in [2.24, 2.45) is 5.92 Å². The SMILES string of the molecule is CC(C)[C@H](Cn1nccn1)NC(=O)c1cccc(OCc2ccccc2)c1. The highest BCUT2D eigenvalue weighted by Crippen LogP contribution is 2.16. The Hall–Kier alpha value is -3.15. The van der Waals surface area contributed by atoms with Gasteiger partial charge in [0.15, 0.2) is 0 Å².